The number of hydrogen-bond donors (Lipinski definition) is 0. The minimum Gasteiger partial charge on any atom is -0.530 e. The van der Waals surface area contributed by atoms with Crippen LogP contribution in [0.2, 0.25) is 0 Å². The van der Waals surface area contributed by atoms with E-state index in [0.717, 1.165) is 20.3 Å². The van der Waals surface area contributed by atoms with Gasteiger partial charge in [0.05, 0.1) is 5.52 Å². The van der Waals surface area contributed by atoms with E-state index >= 15 is 0 Å². The van der Waals surface area contributed by atoms with E-state index in [1.807, 2.05) is 24.3 Å². The Kier molecular flexibility index (Phi) is 3.49. The molecule has 1 aromatic carbocycles. The zero-order valence-electron chi connectivity index (χ0n) is 11.0. The summed E-state index contributed by atoms with van der Waals surface area (Å²) in [5.41, 5.74) is 0.144. The van der Waals surface area contributed by atoms with Gasteiger partial charge in [-0.1, -0.05) is 15.9 Å². The third-order valence-corrected chi connectivity index (χ3v) is 3.21. The maximum atomic E-state index is 11.3. The van der Waals surface area contributed by atoms with Gasteiger partial charge in [0, 0.05) is 15.4 Å². The molecule has 1 heterocycles. The van der Waals surface area contributed by atoms with Gasteiger partial charge < -0.3 is 14.8 Å². The second kappa shape index (κ2) is 4.81. The van der Waals surface area contributed by atoms with Crippen molar-refractivity contribution >= 4 is 38.7 Å². The molecule has 0 aliphatic heterocycles. The molecule has 0 aliphatic rings. The average molecular weight is 322 g/mol. The number of carboxylic acid groups (broad SMARTS) is 1. The normalized spacial score (nSPS) is 11.6. The number of carbonyl (C=O) groups is 1. The lowest BCUT2D eigenvalue weighted by Crippen LogP contribution is -2.52. The second-order valence-electron chi connectivity index (χ2n) is 5.28. The molecule has 0 atom stereocenters. The average Bonchev–Trinajstić information content (AvgIpc) is 2.27. The first kappa shape index (κ1) is 13.8. The minimum absolute atomic E-state index is 0.377. The first-order valence-electron chi connectivity index (χ1n) is 5.86. The summed E-state index contributed by atoms with van der Waals surface area (Å²) in [5.74, 6) is 0.377. The SMILES string of the molecule is CC(C)(C)N(C(=O)[O-])c1ccc2cc(Br)ccc2n1. The van der Waals surface area contributed by atoms with Crippen molar-refractivity contribution in [1.29, 1.82) is 0 Å². The molecular weight excluding hydrogens is 308 g/mol. The summed E-state index contributed by atoms with van der Waals surface area (Å²) >= 11 is 3.39. The standard InChI is InChI=1S/C14H15BrN2O2/c1-14(2,3)17(13(18)19)12-7-4-9-8-10(15)5-6-11(9)16-12/h4-8H,1-3H3,(H,18,19)/p-1. The van der Waals surface area contributed by atoms with Gasteiger partial charge in [-0.15, -0.1) is 0 Å². The summed E-state index contributed by atoms with van der Waals surface area (Å²) in [6, 6.07) is 9.20. The van der Waals surface area contributed by atoms with E-state index < -0.39 is 11.6 Å². The van der Waals surface area contributed by atoms with Gasteiger partial charge >= 0.3 is 0 Å². The lowest BCUT2D eigenvalue weighted by Gasteiger charge is -2.36. The Morgan fingerprint density at radius 3 is 2.53 bits per heavy atom. The van der Waals surface area contributed by atoms with Crippen molar-refractivity contribution in [3.05, 3.63) is 34.8 Å². The molecule has 2 aromatic rings. The number of anilines is 1. The largest absolute Gasteiger partial charge is 0.530 e. The van der Waals surface area contributed by atoms with E-state index in [0.29, 0.717) is 5.82 Å². The number of amides is 1. The number of carbonyl (C=O) groups excluding carboxylic acids is 1. The lowest BCUT2D eigenvalue weighted by molar-refractivity contribution is -0.247. The number of aromatic nitrogens is 1. The molecule has 1 aromatic heterocycles. The molecule has 100 valence electrons. The summed E-state index contributed by atoms with van der Waals surface area (Å²) in [6.07, 6.45) is -1.25. The summed E-state index contributed by atoms with van der Waals surface area (Å²) < 4.78 is 0.960. The molecule has 0 N–H and O–H groups in total. The highest BCUT2D eigenvalue weighted by molar-refractivity contribution is 9.10. The molecule has 0 saturated carbocycles. The topological polar surface area (TPSA) is 56.3 Å². The molecule has 2 rings (SSSR count). The van der Waals surface area contributed by atoms with Crippen molar-refractivity contribution in [2.75, 3.05) is 4.90 Å². The van der Waals surface area contributed by atoms with Crippen LogP contribution in [0.3, 0.4) is 0 Å². The number of halogens is 1. The van der Waals surface area contributed by atoms with Crippen LogP contribution in [0.25, 0.3) is 10.9 Å². The van der Waals surface area contributed by atoms with Crippen LogP contribution in [-0.2, 0) is 0 Å². The van der Waals surface area contributed by atoms with Gasteiger partial charge in [0.25, 0.3) is 0 Å². The van der Waals surface area contributed by atoms with Crippen LogP contribution in [-0.4, -0.2) is 16.6 Å². The Labute approximate surface area is 120 Å². The molecular formula is C14H14BrN2O2-. The lowest BCUT2D eigenvalue weighted by atomic mass is 10.1. The first-order chi connectivity index (χ1) is 8.79. The highest BCUT2D eigenvalue weighted by Crippen LogP contribution is 2.25. The van der Waals surface area contributed by atoms with Crippen molar-refractivity contribution in [1.82, 2.24) is 4.98 Å². The highest BCUT2D eigenvalue weighted by Gasteiger charge is 2.24. The van der Waals surface area contributed by atoms with E-state index in [9.17, 15) is 9.90 Å². The van der Waals surface area contributed by atoms with Crippen molar-refractivity contribution in [2.45, 2.75) is 26.3 Å². The summed E-state index contributed by atoms with van der Waals surface area (Å²) in [5, 5.41) is 12.3. The molecule has 4 nitrogen and oxygen atoms in total. The molecule has 0 aliphatic carbocycles. The van der Waals surface area contributed by atoms with Crippen LogP contribution in [0.4, 0.5) is 10.6 Å². The van der Waals surface area contributed by atoms with Gasteiger partial charge in [0.15, 0.2) is 0 Å². The molecule has 1 amide bonds. The number of benzene rings is 1. The molecule has 0 radical (unpaired) electrons. The fourth-order valence-electron chi connectivity index (χ4n) is 1.92. The molecule has 0 fully saturated rings. The minimum atomic E-state index is -1.25. The maximum Gasteiger partial charge on any atom is 0.143 e. The van der Waals surface area contributed by atoms with E-state index in [-0.39, 0.29) is 0 Å². The van der Waals surface area contributed by atoms with Crippen LogP contribution in [0, 0.1) is 0 Å². The molecule has 0 spiro atoms. The van der Waals surface area contributed by atoms with Gasteiger partial charge in [-0.2, -0.15) is 0 Å². The molecule has 0 bridgehead atoms. The van der Waals surface area contributed by atoms with E-state index in [2.05, 4.69) is 20.9 Å². The van der Waals surface area contributed by atoms with E-state index in [1.165, 1.54) is 0 Å². The fourth-order valence-corrected chi connectivity index (χ4v) is 2.30. The van der Waals surface area contributed by atoms with Crippen molar-refractivity contribution in [3.63, 3.8) is 0 Å². The highest BCUT2D eigenvalue weighted by atomic mass is 79.9. The zero-order chi connectivity index (χ0) is 14.2. The number of fused-ring (bicyclic) bond motifs is 1. The Balaban J connectivity index is 2.56. The Morgan fingerprint density at radius 2 is 1.95 bits per heavy atom. The van der Waals surface area contributed by atoms with Crippen LogP contribution < -0.4 is 10.0 Å². The first-order valence-corrected chi connectivity index (χ1v) is 6.66. The van der Waals surface area contributed by atoms with Crippen molar-refractivity contribution in [3.8, 4) is 0 Å². The monoisotopic (exact) mass is 321 g/mol. The van der Waals surface area contributed by atoms with Crippen LogP contribution in [0.1, 0.15) is 20.8 Å². The Morgan fingerprint density at radius 1 is 1.26 bits per heavy atom. The van der Waals surface area contributed by atoms with Gasteiger partial charge in [-0.05, 0) is 51.1 Å². The second-order valence-corrected chi connectivity index (χ2v) is 6.19. The van der Waals surface area contributed by atoms with E-state index in [4.69, 9.17) is 0 Å². The third-order valence-electron chi connectivity index (χ3n) is 2.72. The third kappa shape index (κ3) is 2.87. The molecule has 19 heavy (non-hydrogen) atoms. The van der Waals surface area contributed by atoms with Crippen molar-refractivity contribution in [2.24, 2.45) is 0 Å². The number of nitrogens with zero attached hydrogens (tertiary/aromatic N) is 2. The zero-order valence-corrected chi connectivity index (χ0v) is 12.6. The maximum absolute atomic E-state index is 11.3. The number of rotatable bonds is 1. The summed E-state index contributed by atoms with van der Waals surface area (Å²) in [6.45, 7) is 5.41. The van der Waals surface area contributed by atoms with Crippen LogP contribution in [0.5, 0.6) is 0 Å². The number of pyridine rings is 1. The van der Waals surface area contributed by atoms with Gasteiger partial charge in [-0.25, -0.2) is 4.98 Å². The molecule has 0 unspecified atom stereocenters. The van der Waals surface area contributed by atoms with Crippen LogP contribution >= 0.6 is 15.9 Å². The quantitative estimate of drug-likeness (QED) is 0.811. The molecule has 0 saturated heterocycles. The van der Waals surface area contributed by atoms with Gasteiger partial charge in [-0.3, -0.25) is 0 Å². The predicted molar refractivity (Wildman–Crippen MR) is 77.1 cm³/mol. The fraction of sp³-hybridized carbons (Fsp3) is 0.286. The predicted octanol–water partition coefficient (Wildman–Crippen LogP) is 2.95. The molecule has 5 heteroatoms. The smallest absolute Gasteiger partial charge is 0.143 e. The van der Waals surface area contributed by atoms with Crippen LogP contribution in [0.15, 0.2) is 34.8 Å². The summed E-state index contributed by atoms with van der Waals surface area (Å²) in [4.78, 5) is 16.9. The van der Waals surface area contributed by atoms with Crippen molar-refractivity contribution < 1.29 is 9.90 Å². The van der Waals surface area contributed by atoms with Gasteiger partial charge in [0.2, 0.25) is 0 Å². The Bertz CT molecular complexity index is 635. The van der Waals surface area contributed by atoms with Gasteiger partial charge in [0.1, 0.15) is 11.9 Å². The Hall–Kier alpha value is -1.62. The number of hydrogen-bond acceptors (Lipinski definition) is 3. The van der Waals surface area contributed by atoms with E-state index in [1.54, 1.807) is 26.8 Å². The summed E-state index contributed by atoms with van der Waals surface area (Å²) in [7, 11) is 0.